The monoisotopic (exact) mass is 274 g/mol. The van der Waals surface area contributed by atoms with Gasteiger partial charge < -0.3 is 5.11 Å². The van der Waals surface area contributed by atoms with E-state index in [2.05, 4.69) is 4.90 Å². The van der Waals surface area contributed by atoms with Crippen molar-refractivity contribution in [1.29, 1.82) is 0 Å². The zero-order valence-corrected chi connectivity index (χ0v) is 11.9. The van der Waals surface area contributed by atoms with E-state index in [1.165, 1.54) is 11.5 Å². The molecule has 3 rings (SSSR count). The Labute approximate surface area is 119 Å². The van der Waals surface area contributed by atoms with E-state index < -0.39 is 11.8 Å². The van der Waals surface area contributed by atoms with Crippen LogP contribution in [0.2, 0.25) is 0 Å². The fraction of sp³-hybridized carbons (Fsp3) is 0.500. The Morgan fingerprint density at radius 1 is 1.10 bits per heavy atom. The molecule has 0 aromatic heterocycles. The first-order valence-corrected chi connectivity index (χ1v) is 7.32. The molecule has 0 saturated carbocycles. The van der Waals surface area contributed by atoms with Gasteiger partial charge in [-0.05, 0) is 31.4 Å². The molecular formula is C16H22N2O2. The predicted molar refractivity (Wildman–Crippen MR) is 76.9 cm³/mol. The largest absolute Gasteiger partial charge is 0.377 e. The Kier molecular flexibility index (Phi) is 3.54. The molecule has 2 aliphatic heterocycles. The van der Waals surface area contributed by atoms with Crippen molar-refractivity contribution in [2.24, 2.45) is 0 Å². The summed E-state index contributed by atoms with van der Waals surface area (Å²) in [6, 6.07) is 9.61. The van der Waals surface area contributed by atoms with Crippen LogP contribution in [0.3, 0.4) is 0 Å². The van der Waals surface area contributed by atoms with E-state index in [0.29, 0.717) is 5.70 Å². The number of likely N-dealkylation sites (tertiary alicyclic amines) is 1. The minimum atomic E-state index is -1.16. The maximum Gasteiger partial charge on any atom is 0.146 e. The highest BCUT2D eigenvalue weighted by atomic mass is 16.5. The average molecular weight is 274 g/mol. The quantitative estimate of drug-likeness (QED) is 0.868. The number of benzene rings is 1. The van der Waals surface area contributed by atoms with E-state index in [9.17, 15) is 10.3 Å². The van der Waals surface area contributed by atoms with Crippen LogP contribution in [0, 0.1) is 0 Å². The summed E-state index contributed by atoms with van der Waals surface area (Å²) < 4.78 is 0. The van der Waals surface area contributed by atoms with Gasteiger partial charge in [-0.3, -0.25) is 10.1 Å². The first-order chi connectivity index (χ1) is 9.63. The normalized spacial score (nSPS) is 31.4. The van der Waals surface area contributed by atoms with Crippen LogP contribution < -0.4 is 0 Å². The van der Waals surface area contributed by atoms with Gasteiger partial charge in [-0.25, -0.2) is 5.06 Å². The van der Waals surface area contributed by atoms with Crippen LogP contribution in [0.5, 0.6) is 0 Å². The van der Waals surface area contributed by atoms with Crippen molar-refractivity contribution in [2.75, 3.05) is 13.1 Å². The lowest BCUT2D eigenvalue weighted by Gasteiger charge is -2.42. The highest BCUT2D eigenvalue weighted by molar-refractivity contribution is 5.34. The average Bonchev–Trinajstić information content (AvgIpc) is 2.72. The summed E-state index contributed by atoms with van der Waals surface area (Å²) in [5.41, 5.74) is 0.371. The van der Waals surface area contributed by atoms with E-state index in [4.69, 9.17) is 0 Å². The van der Waals surface area contributed by atoms with Crippen LogP contribution >= 0.6 is 0 Å². The number of piperidine rings is 1. The van der Waals surface area contributed by atoms with Crippen molar-refractivity contribution in [3.8, 4) is 0 Å². The Morgan fingerprint density at radius 3 is 2.40 bits per heavy atom. The molecule has 0 spiro atoms. The number of hydrogen-bond acceptors (Lipinski definition) is 4. The molecule has 1 fully saturated rings. The smallest absolute Gasteiger partial charge is 0.146 e. The third kappa shape index (κ3) is 2.14. The molecule has 2 heterocycles. The number of rotatable bonds is 2. The molecule has 0 unspecified atom stereocenters. The fourth-order valence-corrected chi connectivity index (χ4v) is 3.37. The molecule has 2 atom stereocenters. The summed E-state index contributed by atoms with van der Waals surface area (Å²) in [5.74, 6) is 0. The van der Waals surface area contributed by atoms with E-state index in [1.54, 1.807) is 6.08 Å². The number of aliphatic hydroxyl groups is 1. The molecular weight excluding hydrogens is 252 g/mol. The molecule has 1 aromatic rings. The van der Waals surface area contributed by atoms with Gasteiger partial charge >= 0.3 is 0 Å². The fourth-order valence-electron chi connectivity index (χ4n) is 3.37. The third-order valence-corrected chi connectivity index (χ3v) is 4.39. The molecule has 20 heavy (non-hydrogen) atoms. The molecule has 0 aliphatic carbocycles. The van der Waals surface area contributed by atoms with Gasteiger partial charge in [0, 0.05) is 18.8 Å². The van der Waals surface area contributed by atoms with Crippen molar-refractivity contribution in [3.05, 3.63) is 47.7 Å². The Bertz CT molecular complexity index is 496. The minimum absolute atomic E-state index is 0.426. The van der Waals surface area contributed by atoms with Crippen molar-refractivity contribution < 1.29 is 10.3 Å². The van der Waals surface area contributed by atoms with Gasteiger partial charge in [0.05, 0.1) is 0 Å². The molecule has 108 valence electrons. The molecule has 2 N–H and O–H groups in total. The third-order valence-electron chi connectivity index (χ3n) is 4.39. The lowest BCUT2D eigenvalue weighted by atomic mass is 9.90. The van der Waals surface area contributed by atoms with Crippen LogP contribution in [-0.2, 0) is 5.60 Å². The van der Waals surface area contributed by atoms with Crippen LogP contribution in [-0.4, -0.2) is 39.5 Å². The van der Waals surface area contributed by atoms with Crippen LogP contribution in [0.15, 0.2) is 42.1 Å². The van der Waals surface area contributed by atoms with Gasteiger partial charge in [0.2, 0.25) is 0 Å². The molecule has 1 aromatic carbocycles. The molecule has 0 amide bonds. The highest BCUT2D eigenvalue weighted by Gasteiger charge is 2.48. The SMILES string of the molecule is CC1=C[C@@](O)(c2ccccc2)[C@H](N2CCCCC2)N1O. The summed E-state index contributed by atoms with van der Waals surface area (Å²) in [6.07, 6.45) is 4.81. The summed E-state index contributed by atoms with van der Waals surface area (Å²) in [4.78, 5) is 2.18. The Balaban J connectivity index is 1.98. The Morgan fingerprint density at radius 2 is 1.75 bits per heavy atom. The zero-order chi connectivity index (χ0) is 14.2. The van der Waals surface area contributed by atoms with Gasteiger partial charge in [-0.2, -0.15) is 0 Å². The zero-order valence-electron chi connectivity index (χ0n) is 11.9. The summed E-state index contributed by atoms with van der Waals surface area (Å²) in [7, 11) is 0. The lowest BCUT2D eigenvalue weighted by Crippen LogP contribution is -2.55. The number of hydroxylamine groups is 2. The van der Waals surface area contributed by atoms with Gasteiger partial charge in [-0.1, -0.05) is 36.8 Å². The summed E-state index contributed by atoms with van der Waals surface area (Å²) in [6.45, 7) is 3.66. The molecule has 0 radical (unpaired) electrons. The second-order valence-corrected chi connectivity index (χ2v) is 5.79. The highest BCUT2D eigenvalue weighted by Crippen LogP contribution is 2.40. The predicted octanol–water partition coefficient (Wildman–Crippen LogP) is 2.29. The van der Waals surface area contributed by atoms with Crippen LogP contribution in [0.25, 0.3) is 0 Å². The summed E-state index contributed by atoms with van der Waals surface area (Å²) in [5, 5.41) is 22.8. The summed E-state index contributed by atoms with van der Waals surface area (Å²) >= 11 is 0. The van der Waals surface area contributed by atoms with Gasteiger partial charge in [-0.15, -0.1) is 0 Å². The Hall–Kier alpha value is -1.36. The van der Waals surface area contributed by atoms with E-state index in [0.717, 1.165) is 31.5 Å². The van der Waals surface area contributed by atoms with E-state index in [1.807, 2.05) is 37.3 Å². The second-order valence-electron chi connectivity index (χ2n) is 5.79. The molecule has 0 bridgehead atoms. The van der Waals surface area contributed by atoms with Crippen LogP contribution in [0.1, 0.15) is 31.7 Å². The van der Waals surface area contributed by atoms with Crippen molar-refractivity contribution in [3.63, 3.8) is 0 Å². The van der Waals surface area contributed by atoms with E-state index in [-0.39, 0.29) is 0 Å². The topological polar surface area (TPSA) is 46.9 Å². The maximum atomic E-state index is 11.2. The van der Waals surface area contributed by atoms with Crippen molar-refractivity contribution >= 4 is 0 Å². The molecule has 4 heteroatoms. The number of nitrogens with zero attached hydrogens (tertiary/aromatic N) is 2. The second kappa shape index (κ2) is 5.20. The number of hydrogen-bond donors (Lipinski definition) is 2. The van der Waals surface area contributed by atoms with Gasteiger partial charge in [0.1, 0.15) is 11.8 Å². The van der Waals surface area contributed by atoms with Gasteiger partial charge in [0.15, 0.2) is 0 Å². The first kappa shape index (κ1) is 13.6. The number of allylic oxidation sites excluding steroid dienone is 1. The minimum Gasteiger partial charge on any atom is -0.377 e. The molecule has 2 aliphatic rings. The molecule has 1 saturated heterocycles. The van der Waals surface area contributed by atoms with Crippen LogP contribution in [0.4, 0.5) is 0 Å². The standard InChI is InChI=1S/C16H22N2O2/c1-13-12-16(19,14-8-4-2-5-9-14)15(18(13)20)17-10-6-3-7-11-17/h2,4-5,8-9,12,15,19-20H,3,6-7,10-11H2,1H3/t15-,16-/m1/s1. The van der Waals surface area contributed by atoms with Crippen molar-refractivity contribution in [2.45, 2.75) is 38.0 Å². The maximum absolute atomic E-state index is 11.2. The van der Waals surface area contributed by atoms with E-state index >= 15 is 0 Å². The van der Waals surface area contributed by atoms with Crippen molar-refractivity contribution in [1.82, 2.24) is 9.96 Å². The lowest BCUT2D eigenvalue weighted by molar-refractivity contribution is -0.187. The molecule has 4 nitrogen and oxygen atoms in total. The van der Waals surface area contributed by atoms with Gasteiger partial charge in [0.25, 0.3) is 0 Å². The first-order valence-electron chi connectivity index (χ1n) is 7.32.